The summed E-state index contributed by atoms with van der Waals surface area (Å²) < 4.78 is 26.8. The van der Waals surface area contributed by atoms with Crippen LogP contribution >= 0.6 is 0 Å². The topological polar surface area (TPSA) is 85.2 Å². The highest BCUT2D eigenvalue weighted by Crippen LogP contribution is 2.23. The number of likely N-dealkylation sites (tertiary alicyclic amines) is 1. The number of nitrogens with zero attached hydrogens (tertiary/aromatic N) is 4. The summed E-state index contributed by atoms with van der Waals surface area (Å²) in [5.74, 6) is 0.0859. The van der Waals surface area contributed by atoms with E-state index >= 15 is 0 Å². The zero-order chi connectivity index (χ0) is 18.7. The minimum atomic E-state index is -3.51. The number of sulfone groups is 1. The van der Waals surface area contributed by atoms with E-state index in [-0.39, 0.29) is 11.1 Å². The molecule has 0 saturated carbocycles. The summed E-state index contributed by atoms with van der Waals surface area (Å²) in [6, 6.07) is 8.06. The van der Waals surface area contributed by atoms with Gasteiger partial charge in [0.1, 0.15) is 6.33 Å². The van der Waals surface area contributed by atoms with Gasteiger partial charge in [-0.3, -0.25) is 4.79 Å². The fraction of sp³-hybridized carbons (Fsp3) is 0.500. The number of aromatic nitrogens is 3. The Morgan fingerprint density at radius 3 is 2.54 bits per heavy atom. The van der Waals surface area contributed by atoms with Gasteiger partial charge in [0.05, 0.1) is 5.25 Å². The molecule has 140 valence electrons. The van der Waals surface area contributed by atoms with E-state index in [1.54, 1.807) is 11.9 Å². The van der Waals surface area contributed by atoms with E-state index in [4.69, 9.17) is 0 Å². The van der Waals surface area contributed by atoms with Gasteiger partial charge in [-0.1, -0.05) is 24.3 Å². The lowest BCUT2D eigenvalue weighted by molar-refractivity contribution is -0.132. The first-order chi connectivity index (χ1) is 12.4. The Morgan fingerprint density at radius 1 is 1.23 bits per heavy atom. The van der Waals surface area contributed by atoms with E-state index in [0.717, 1.165) is 0 Å². The maximum atomic E-state index is 12.7. The number of rotatable bonds is 5. The van der Waals surface area contributed by atoms with Crippen LogP contribution in [0, 0.1) is 6.92 Å². The van der Waals surface area contributed by atoms with Crippen molar-refractivity contribution in [2.45, 2.75) is 43.0 Å². The van der Waals surface area contributed by atoms with Crippen LogP contribution in [-0.4, -0.2) is 52.3 Å². The van der Waals surface area contributed by atoms with Crippen molar-refractivity contribution < 1.29 is 13.2 Å². The SMILES string of the molecule is Cc1ccccc1CCC(=O)N1CCC(S(=O)(=O)c2nncn2C)CC1. The van der Waals surface area contributed by atoms with Crippen LogP contribution in [0.5, 0.6) is 0 Å². The molecule has 3 rings (SSSR count). The third kappa shape index (κ3) is 3.80. The van der Waals surface area contributed by atoms with Gasteiger partial charge in [-0.05, 0) is 37.3 Å². The molecular formula is C18H24N4O3S. The van der Waals surface area contributed by atoms with Crippen molar-refractivity contribution in [2.75, 3.05) is 13.1 Å². The number of amides is 1. The molecule has 1 amide bonds. The van der Waals surface area contributed by atoms with Crippen molar-refractivity contribution in [2.24, 2.45) is 7.05 Å². The van der Waals surface area contributed by atoms with Gasteiger partial charge in [0, 0.05) is 26.6 Å². The van der Waals surface area contributed by atoms with E-state index in [9.17, 15) is 13.2 Å². The third-order valence-electron chi connectivity index (χ3n) is 5.03. The summed E-state index contributed by atoms with van der Waals surface area (Å²) >= 11 is 0. The molecule has 1 aliphatic rings. The molecule has 0 N–H and O–H groups in total. The lowest BCUT2D eigenvalue weighted by Gasteiger charge is -2.31. The zero-order valence-corrected chi connectivity index (χ0v) is 15.9. The molecule has 0 bridgehead atoms. The molecular weight excluding hydrogens is 352 g/mol. The van der Waals surface area contributed by atoms with Crippen molar-refractivity contribution in [1.29, 1.82) is 0 Å². The van der Waals surface area contributed by atoms with Gasteiger partial charge in [0.2, 0.25) is 20.9 Å². The molecule has 0 spiro atoms. The lowest BCUT2D eigenvalue weighted by atomic mass is 10.0. The second kappa shape index (κ2) is 7.57. The van der Waals surface area contributed by atoms with Crippen LogP contribution in [0.1, 0.15) is 30.4 Å². The second-order valence-corrected chi connectivity index (χ2v) is 8.90. The average molecular weight is 376 g/mol. The summed E-state index contributed by atoms with van der Waals surface area (Å²) in [6.07, 6.45) is 3.42. The molecule has 26 heavy (non-hydrogen) atoms. The van der Waals surface area contributed by atoms with Crippen molar-refractivity contribution in [3.05, 3.63) is 41.7 Å². The first-order valence-corrected chi connectivity index (χ1v) is 10.3. The van der Waals surface area contributed by atoms with Crippen LogP contribution in [0.4, 0.5) is 0 Å². The van der Waals surface area contributed by atoms with E-state index < -0.39 is 15.1 Å². The predicted octanol–water partition coefficient (Wildman–Crippen LogP) is 1.52. The van der Waals surface area contributed by atoms with Crippen molar-refractivity contribution in [3.63, 3.8) is 0 Å². The minimum Gasteiger partial charge on any atom is -0.343 e. The van der Waals surface area contributed by atoms with E-state index in [1.807, 2.05) is 31.2 Å². The number of piperidine rings is 1. The molecule has 0 radical (unpaired) electrons. The predicted molar refractivity (Wildman–Crippen MR) is 97.3 cm³/mol. The highest BCUT2D eigenvalue weighted by molar-refractivity contribution is 7.91. The highest BCUT2D eigenvalue weighted by atomic mass is 32.2. The average Bonchev–Trinajstić information content (AvgIpc) is 3.08. The second-order valence-electron chi connectivity index (χ2n) is 6.78. The summed E-state index contributed by atoms with van der Waals surface area (Å²) in [7, 11) is -1.89. The molecule has 7 nitrogen and oxygen atoms in total. The molecule has 1 saturated heterocycles. The van der Waals surface area contributed by atoms with Gasteiger partial charge in [-0.15, -0.1) is 10.2 Å². The van der Waals surface area contributed by atoms with Gasteiger partial charge >= 0.3 is 0 Å². The minimum absolute atomic E-state index is 0.00169. The molecule has 1 aliphatic heterocycles. The standard InChI is InChI=1S/C18H24N4O3S/c1-14-5-3-4-6-15(14)7-8-17(23)22-11-9-16(10-12-22)26(24,25)18-20-19-13-21(18)2/h3-6,13,16H,7-12H2,1-2H3. The van der Waals surface area contributed by atoms with E-state index in [2.05, 4.69) is 10.2 Å². The Bertz CT molecular complexity index is 883. The monoisotopic (exact) mass is 376 g/mol. The Balaban J connectivity index is 1.56. The summed E-state index contributed by atoms with van der Waals surface area (Å²) in [6.45, 7) is 2.98. The fourth-order valence-corrected chi connectivity index (χ4v) is 5.12. The van der Waals surface area contributed by atoms with E-state index in [1.165, 1.54) is 22.0 Å². The number of carbonyl (C=O) groups is 1. The maximum absolute atomic E-state index is 12.7. The maximum Gasteiger partial charge on any atom is 0.249 e. The quantitative estimate of drug-likeness (QED) is 0.790. The third-order valence-corrected chi connectivity index (χ3v) is 7.25. The van der Waals surface area contributed by atoms with Gasteiger partial charge < -0.3 is 9.47 Å². The van der Waals surface area contributed by atoms with Crippen LogP contribution in [0.25, 0.3) is 0 Å². The molecule has 2 aromatic rings. The Morgan fingerprint density at radius 2 is 1.92 bits per heavy atom. The molecule has 1 aromatic heterocycles. The molecule has 0 unspecified atom stereocenters. The smallest absolute Gasteiger partial charge is 0.249 e. The molecule has 0 aliphatic carbocycles. The summed E-state index contributed by atoms with van der Waals surface area (Å²) in [5.41, 5.74) is 2.37. The van der Waals surface area contributed by atoms with E-state index in [0.29, 0.717) is 38.8 Å². The largest absolute Gasteiger partial charge is 0.343 e. The number of aryl methyl sites for hydroxylation is 3. The van der Waals surface area contributed by atoms with Gasteiger partial charge in [0.25, 0.3) is 0 Å². The van der Waals surface area contributed by atoms with Crippen LogP contribution < -0.4 is 0 Å². The molecule has 2 heterocycles. The van der Waals surface area contributed by atoms with Gasteiger partial charge in [0.15, 0.2) is 0 Å². The van der Waals surface area contributed by atoms with Crippen molar-refractivity contribution >= 4 is 15.7 Å². The molecule has 1 aromatic carbocycles. The number of benzene rings is 1. The number of hydrogen-bond acceptors (Lipinski definition) is 5. The normalized spacial score (nSPS) is 16.0. The van der Waals surface area contributed by atoms with Crippen LogP contribution in [0.3, 0.4) is 0 Å². The van der Waals surface area contributed by atoms with Crippen LogP contribution in [-0.2, 0) is 28.1 Å². The Kier molecular flexibility index (Phi) is 5.41. The molecule has 8 heteroatoms. The van der Waals surface area contributed by atoms with Crippen molar-refractivity contribution in [3.8, 4) is 0 Å². The first kappa shape index (κ1) is 18.6. The van der Waals surface area contributed by atoms with Crippen molar-refractivity contribution in [1.82, 2.24) is 19.7 Å². The Labute approximate surface area is 154 Å². The zero-order valence-electron chi connectivity index (χ0n) is 15.1. The molecule has 0 atom stereocenters. The van der Waals surface area contributed by atoms with Gasteiger partial charge in [-0.2, -0.15) is 0 Å². The lowest BCUT2D eigenvalue weighted by Crippen LogP contribution is -2.43. The fourth-order valence-electron chi connectivity index (χ4n) is 3.39. The highest BCUT2D eigenvalue weighted by Gasteiger charge is 2.35. The summed E-state index contributed by atoms with van der Waals surface area (Å²) in [4.78, 5) is 14.3. The number of carbonyl (C=O) groups excluding carboxylic acids is 1. The van der Waals surface area contributed by atoms with Gasteiger partial charge in [-0.25, -0.2) is 8.42 Å². The molecule has 1 fully saturated rings. The van der Waals surface area contributed by atoms with Crippen LogP contribution in [0.2, 0.25) is 0 Å². The van der Waals surface area contributed by atoms with Crippen LogP contribution in [0.15, 0.2) is 35.7 Å². The number of hydrogen-bond donors (Lipinski definition) is 0. The summed E-state index contributed by atoms with van der Waals surface area (Å²) in [5, 5.41) is 6.88. The Hall–Kier alpha value is -2.22. The first-order valence-electron chi connectivity index (χ1n) is 8.80.